The van der Waals surface area contributed by atoms with Gasteiger partial charge >= 0.3 is 0 Å². The summed E-state index contributed by atoms with van der Waals surface area (Å²) in [4.78, 5) is 6.84. The van der Waals surface area contributed by atoms with Gasteiger partial charge < -0.3 is 4.90 Å². The average molecular weight is 254 g/mol. The van der Waals surface area contributed by atoms with Crippen molar-refractivity contribution in [2.45, 2.75) is 0 Å². The molecule has 2 aromatic carbocycles. The Morgan fingerprint density at radius 3 is 2.17 bits per heavy atom. The monoisotopic (exact) mass is 254 g/mol. The Kier molecular flexibility index (Phi) is 4.20. The largest absolute Gasteiger partial charge is 0.335 e. The summed E-state index contributed by atoms with van der Waals surface area (Å²) in [6.07, 6.45) is 1.74. The molecule has 18 heavy (non-hydrogen) atoms. The molecule has 0 aliphatic heterocycles. The third-order valence-corrected chi connectivity index (χ3v) is 2.87. The van der Waals surface area contributed by atoms with Crippen LogP contribution in [0.3, 0.4) is 0 Å². The fourth-order valence-electron chi connectivity index (χ4n) is 1.52. The summed E-state index contributed by atoms with van der Waals surface area (Å²) in [5.41, 5.74) is 2.04. The Hall–Kier alpha value is -2.00. The first-order valence-electron chi connectivity index (χ1n) is 5.69. The van der Waals surface area contributed by atoms with Gasteiger partial charge in [0.2, 0.25) is 0 Å². The minimum absolute atomic E-state index is 0.596. The lowest BCUT2D eigenvalue weighted by Crippen LogP contribution is -2.15. The number of benzene rings is 2. The van der Waals surface area contributed by atoms with Gasteiger partial charge in [-0.2, -0.15) is 0 Å². The van der Waals surface area contributed by atoms with Gasteiger partial charge in [-0.3, -0.25) is 0 Å². The van der Waals surface area contributed by atoms with E-state index < -0.39 is 0 Å². The topological polar surface area (TPSA) is 15.6 Å². The molecule has 0 unspecified atom stereocenters. The number of anilines is 1. The summed E-state index contributed by atoms with van der Waals surface area (Å²) in [7, 11) is 1.95. The predicted octanol–water partition coefficient (Wildman–Crippen LogP) is 3.53. The molecule has 2 aromatic rings. The van der Waals surface area contributed by atoms with Crippen LogP contribution in [0.25, 0.3) is 0 Å². The summed E-state index contributed by atoms with van der Waals surface area (Å²) in [5, 5.41) is 0. The van der Waals surface area contributed by atoms with Gasteiger partial charge in [-0.25, -0.2) is 4.99 Å². The van der Waals surface area contributed by atoms with E-state index in [9.17, 15) is 0 Å². The standard InChI is InChI=1S/C15H14N2S/c1-17(14-10-6-3-7-11-14)12-16-15(18)13-8-4-2-5-9-13/h2-12H,1H3. The number of rotatable bonds is 3. The quantitative estimate of drug-likeness (QED) is 0.473. The Labute approximate surface area is 113 Å². The molecular weight excluding hydrogens is 240 g/mol. The van der Waals surface area contributed by atoms with Crippen LogP contribution in [0.1, 0.15) is 5.56 Å². The Bertz CT molecular complexity index is 535. The lowest BCUT2D eigenvalue weighted by molar-refractivity contribution is 1.29. The number of hydrogen-bond acceptors (Lipinski definition) is 1. The van der Waals surface area contributed by atoms with Crippen LogP contribution in [0.5, 0.6) is 0 Å². The number of thiocarbonyl (C=S) groups is 1. The van der Waals surface area contributed by atoms with Gasteiger partial charge in [0.15, 0.2) is 0 Å². The zero-order chi connectivity index (χ0) is 12.8. The van der Waals surface area contributed by atoms with E-state index in [-0.39, 0.29) is 0 Å². The Morgan fingerprint density at radius 1 is 1.00 bits per heavy atom. The maximum Gasteiger partial charge on any atom is 0.135 e. The van der Waals surface area contributed by atoms with Crippen LogP contribution in [0.2, 0.25) is 0 Å². The van der Waals surface area contributed by atoms with Crippen molar-refractivity contribution < 1.29 is 0 Å². The number of hydrogen-bond donors (Lipinski definition) is 0. The first-order chi connectivity index (χ1) is 8.77. The molecule has 0 saturated carbocycles. The lowest BCUT2D eigenvalue weighted by atomic mass is 10.2. The molecule has 90 valence electrons. The van der Waals surface area contributed by atoms with Crippen LogP contribution in [0.15, 0.2) is 65.7 Å². The normalized spacial score (nSPS) is 10.5. The third-order valence-electron chi connectivity index (χ3n) is 2.53. The van der Waals surface area contributed by atoms with Crippen molar-refractivity contribution >= 4 is 29.2 Å². The second-order valence-corrected chi connectivity index (χ2v) is 4.25. The summed E-state index contributed by atoms with van der Waals surface area (Å²) in [6, 6.07) is 19.8. The molecule has 0 radical (unpaired) electrons. The minimum atomic E-state index is 0.596. The fraction of sp³-hybridized carbons (Fsp3) is 0.0667. The van der Waals surface area contributed by atoms with Gasteiger partial charge in [-0.15, -0.1) is 0 Å². The van der Waals surface area contributed by atoms with Crippen molar-refractivity contribution in [1.82, 2.24) is 0 Å². The van der Waals surface area contributed by atoms with Crippen LogP contribution >= 0.6 is 12.2 Å². The second-order valence-electron chi connectivity index (χ2n) is 3.86. The second kappa shape index (κ2) is 6.07. The molecule has 2 nitrogen and oxygen atoms in total. The molecule has 0 aromatic heterocycles. The SMILES string of the molecule is CN(C=NC(=S)c1ccccc1)c1ccccc1. The van der Waals surface area contributed by atoms with Crippen LogP contribution in [-0.2, 0) is 0 Å². The van der Waals surface area contributed by atoms with Gasteiger partial charge in [0, 0.05) is 18.3 Å². The molecule has 0 saturated heterocycles. The molecule has 2 rings (SSSR count). The van der Waals surface area contributed by atoms with Crippen molar-refractivity contribution in [3.05, 3.63) is 66.2 Å². The molecular formula is C15H14N2S. The van der Waals surface area contributed by atoms with Gasteiger partial charge in [-0.1, -0.05) is 60.7 Å². The van der Waals surface area contributed by atoms with Gasteiger partial charge in [-0.05, 0) is 12.1 Å². The number of aliphatic imine (C=N–C) groups is 1. The fourth-order valence-corrected chi connectivity index (χ4v) is 1.71. The van der Waals surface area contributed by atoms with Gasteiger partial charge in [0.25, 0.3) is 0 Å². The summed E-state index contributed by atoms with van der Waals surface area (Å²) in [6.45, 7) is 0. The molecule has 3 heteroatoms. The number of para-hydroxylation sites is 1. The van der Waals surface area contributed by atoms with Crippen LogP contribution in [0.4, 0.5) is 5.69 Å². The highest BCUT2D eigenvalue weighted by Gasteiger charge is 1.98. The van der Waals surface area contributed by atoms with E-state index in [0.717, 1.165) is 11.3 Å². The molecule has 0 atom stereocenters. The first kappa shape index (κ1) is 12.5. The van der Waals surface area contributed by atoms with E-state index in [2.05, 4.69) is 4.99 Å². The average Bonchev–Trinajstić information content (AvgIpc) is 2.46. The summed E-state index contributed by atoms with van der Waals surface area (Å²) >= 11 is 5.26. The van der Waals surface area contributed by atoms with Crippen molar-refractivity contribution in [2.75, 3.05) is 11.9 Å². The molecule has 0 heterocycles. The lowest BCUT2D eigenvalue weighted by Gasteiger charge is -2.12. The highest BCUT2D eigenvalue weighted by atomic mass is 32.1. The maximum absolute atomic E-state index is 5.26. The van der Waals surface area contributed by atoms with Crippen LogP contribution in [-0.4, -0.2) is 18.4 Å². The van der Waals surface area contributed by atoms with Gasteiger partial charge in [0.1, 0.15) is 4.99 Å². The van der Waals surface area contributed by atoms with E-state index in [1.807, 2.05) is 72.6 Å². The van der Waals surface area contributed by atoms with E-state index in [4.69, 9.17) is 12.2 Å². The Balaban J connectivity index is 2.06. The van der Waals surface area contributed by atoms with E-state index in [1.165, 1.54) is 0 Å². The molecule has 0 bridgehead atoms. The van der Waals surface area contributed by atoms with Crippen molar-refractivity contribution in [3.8, 4) is 0 Å². The van der Waals surface area contributed by atoms with Crippen molar-refractivity contribution in [3.63, 3.8) is 0 Å². The van der Waals surface area contributed by atoms with Crippen LogP contribution in [0, 0.1) is 0 Å². The minimum Gasteiger partial charge on any atom is -0.335 e. The highest BCUT2D eigenvalue weighted by Crippen LogP contribution is 2.09. The molecule has 0 amide bonds. The molecule has 0 fully saturated rings. The van der Waals surface area contributed by atoms with Crippen molar-refractivity contribution in [2.24, 2.45) is 4.99 Å². The molecule has 0 aliphatic carbocycles. The van der Waals surface area contributed by atoms with Gasteiger partial charge in [0.05, 0.1) is 6.34 Å². The smallest absolute Gasteiger partial charge is 0.135 e. The van der Waals surface area contributed by atoms with E-state index in [1.54, 1.807) is 6.34 Å². The molecule has 0 N–H and O–H groups in total. The van der Waals surface area contributed by atoms with Crippen molar-refractivity contribution in [1.29, 1.82) is 0 Å². The summed E-state index contributed by atoms with van der Waals surface area (Å²) < 4.78 is 0. The van der Waals surface area contributed by atoms with E-state index >= 15 is 0 Å². The third kappa shape index (κ3) is 3.25. The Morgan fingerprint density at radius 2 is 1.56 bits per heavy atom. The molecule has 0 aliphatic rings. The van der Waals surface area contributed by atoms with Crippen LogP contribution < -0.4 is 4.90 Å². The zero-order valence-corrected chi connectivity index (χ0v) is 11.0. The van der Waals surface area contributed by atoms with E-state index in [0.29, 0.717) is 4.99 Å². The predicted molar refractivity (Wildman–Crippen MR) is 81.5 cm³/mol. The first-order valence-corrected chi connectivity index (χ1v) is 6.09. The maximum atomic E-state index is 5.26. The number of nitrogens with zero attached hydrogens (tertiary/aromatic N) is 2. The molecule has 0 spiro atoms. The highest BCUT2D eigenvalue weighted by molar-refractivity contribution is 7.80. The summed E-state index contributed by atoms with van der Waals surface area (Å²) in [5.74, 6) is 0. The zero-order valence-electron chi connectivity index (χ0n) is 10.2.